The molecular formula is C18H18N2O4S. The third-order valence-electron chi connectivity index (χ3n) is 3.14. The Morgan fingerprint density at radius 2 is 1.84 bits per heavy atom. The summed E-state index contributed by atoms with van der Waals surface area (Å²) in [5.41, 5.74) is 1.11. The summed E-state index contributed by atoms with van der Waals surface area (Å²) in [7, 11) is 1.47. The molecule has 1 aromatic heterocycles. The summed E-state index contributed by atoms with van der Waals surface area (Å²) in [6.07, 6.45) is 2.91. The monoisotopic (exact) mass is 358 g/mol. The number of likely N-dealkylation sites (N-methyl/N-ethyl adjacent to an activating group) is 1. The minimum absolute atomic E-state index is 0.153. The Morgan fingerprint density at radius 3 is 2.56 bits per heavy atom. The van der Waals surface area contributed by atoms with Crippen LogP contribution < -0.4 is 10.6 Å². The topological polar surface area (TPSA) is 84.5 Å². The van der Waals surface area contributed by atoms with E-state index in [1.54, 1.807) is 17.4 Å². The number of carbonyl (C=O) groups excluding carboxylic acids is 3. The van der Waals surface area contributed by atoms with Crippen molar-refractivity contribution >= 4 is 35.2 Å². The van der Waals surface area contributed by atoms with Gasteiger partial charge in [-0.1, -0.05) is 30.3 Å². The number of hydrogen-bond donors (Lipinski definition) is 2. The van der Waals surface area contributed by atoms with Crippen molar-refractivity contribution in [1.29, 1.82) is 0 Å². The second kappa shape index (κ2) is 9.39. The fourth-order valence-electron chi connectivity index (χ4n) is 1.85. The van der Waals surface area contributed by atoms with Crippen molar-refractivity contribution in [3.8, 4) is 10.4 Å². The van der Waals surface area contributed by atoms with Crippen LogP contribution in [0, 0.1) is 0 Å². The highest BCUT2D eigenvalue weighted by molar-refractivity contribution is 7.16. The molecule has 2 aromatic rings. The molecular weight excluding hydrogens is 340 g/mol. The first-order valence-electron chi connectivity index (χ1n) is 7.56. The lowest BCUT2D eigenvalue weighted by atomic mass is 10.2. The van der Waals surface area contributed by atoms with Crippen molar-refractivity contribution in [2.24, 2.45) is 0 Å². The molecule has 1 aromatic carbocycles. The number of amides is 2. The van der Waals surface area contributed by atoms with Crippen LogP contribution in [0.3, 0.4) is 0 Å². The van der Waals surface area contributed by atoms with Crippen LogP contribution in [0.5, 0.6) is 0 Å². The Hall–Kier alpha value is -2.93. The molecule has 25 heavy (non-hydrogen) atoms. The molecule has 0 unspecified atom stereocenters. The summed E-state index contributed by atoms with van der Waals surface area (Å²) in [6.45, 7) is -0.583. The highest BCUT2D eigenvalue weighted by Gasteiger charge is 2.07. The fourth-order valence-corrected chi connectivity index (χ4v) is 2.77. The maximum absolute atomic E-state index is 11.6. The summed E-state index contributed by atoms with van der Waals surface area (Å²) in [5, 5.41) is 4.70. The Labute approximate surface area is 149 Å². The Bertz CT molecular complexity index is 768. The number of carbonyl (C=O) groups is 3. The smallest absolute Gasteiger partial charge is 0.331 e. The molecule has 0 aliphatic carbocycles. The minimum atomic E-state index is -0.621. The maximum atomic E-state index is 11.6. The van der Waals surface area contributed by atoms with Crippen molar-refractivity contribution in [3.05, 3.63) is 53.4 Å². The largest absolute Gasteiger partial charge is 0.452 e. The van der Waals surface area contributed by atoms with E-state index in [1.165, 1.54) is 13.1 Å². The predicted octanol–water partition coefficient (Wildman–Crippen LogP) is 1.83. The lowest BCUT2D eigenvalue weighted by molar-refractivity contribution is -0.143. The number of nitrogens with one attached hydrogen (secondary N) is 2. The van der Waals surface area contributed by atoms with E-state index in [-0.39, 0.29) is 12.5 Å². The predicted molar refractivity (Wildman–Crippen MR) is 96.8 cm³/mol. The van der Waals surface area contributed by atoms with E-state index in [0.29, 0.717) is 0 Å². The van der Waals surface area contributed by atoms with Gasteiger partial charge >= 0.3 is 5.97 Å². The van der Waals surface area contributed by atoms with Gasteiger partial charge in [0.1, 0.15) is 0 Å². The van der Waals surface area contributed by atoms with Crippen LogP contribution in [-0.4, -0.2) is 38.0 Å². The van der Waals surface area contributed by atoms with Crippen LogP contribution in [0.15, 0.2) is 48.5 Å². The molecule has 2 rings (SSSR count). The lowest BCUT2D eigenvalue weighted by Crippen LogP contribution is -2.37. The van der Waals surface area contributed by atoms with Gasteiger partial charge in [-0.25, -0.2) is 4.79 Å². The van der Waals surface area contributed by atoms with E-state index in [2.05, 4.69) is 10.6 Å². The number of benzene rings is 1. The van der Waals surface area contributed by atoms with Crippen LogP contribution >= 0.6 is 11.3 Å². The molecule has 2 N–H and O–H groups in total. The molecule has 0 aliphatic rings. The average Bonchev–Trinajstić information content (AvgIpc) is 3.12. The molecule has 0 saturated heterocycles. The van der Waals surface area contributed by atoms with Crippen molar-refractivity contribution in [1.82, 2.24) is 10.6 Å². The zero-order chi connectivity index (χ0) is 18.1. The molecule has 0 atom stereocenters. The normalized spacial score (nSPS) is 10.4. The van der Waals surface area contributed by atoms with E-state index in [1.807, 2.05) is 42.5 Å². The molecule has 1 heterocycles. The molecule has 0 aliphatic heterocycles. The Kier molecular flexibility index (Phi) is 6.91. The van der Waals surface area contributed by atoms with Crippen LogP contribution in [0.1, 0.15) is 4.88 Å². The van der Waals surface area contributed by atoms with Crippen molar-refractivity contribution in [2.75, 3.05) is 20.2 Å². The first-order valence-corrected chi connectivity index (χ1v) is 8.37. The summed E-state index contributed by atoms with van der Waals surface area (Å²) < 4.78 is 4.82. The number of rotatable bonds is 7. The maximum Gasteiger partial charge on any atom is 0.331 e. The zero-order valence-corrected chi connectivity index (χ0v) is 14.5. The van der Waals surface area contributed by atoms with Gasteiger partial charge < -0.3 is 15.4 Å². The molecule has 6 nitrogen and oxygen atoms in total. The van der Waals surface area contributed by atoms with Gasteiger partial charge in [0, 0.05) is 22.9 Å². The highest BCUT2D eigenvalue weighted by atomic mass is 32.1. The zero-order valence-electron chi connectivity index (χ0n) is 13.7. The van der Waals surface area contributed by atoms with Gasteiger partial charge in [0.2, 0.25) is 5.91 Å². The van der Waals surface area contributed by atoms with Gasteiger partial charge in [0.05, 0.1) is 6.54 Å². The van der Waals surface area contributed by atoms with Gasteiger partial charge in [0.25, 0.3) is 5.91 Å². The van der Waals surface area contributed by atoms with E-state index in [0.717, 1.165) is 15.3 Å². The van der Waals surface area contributed by atoms with Gasteiger partial charge in [-0.2, -0.15) is 0 Å². The van der Waals surface area contributed by atoms with Crippen molar-refractivity contribution in [3.63, 3.8) is 0 Å². The number of esters is 1. The van der Waals surface area contributed by atoms with Gasteiger partial charge in [0.15, 0.2) is 6.61 Å². The molecule has 2 amide bonds. The highest BCUT2D eigenvalue weighted by Crippen LogP contribution is 2.28. The minimum Gasteiger partial charge on any atom is -0.452 e. The standard InChI is InChI=1S/C18H18N2O4S/c1-19-16(21)11-20-17(22)12-24-18(23)10-8-14-7-9-15(25-14)13-5-3-2-4-6-13/h2-10H,11-12H2,1H3,(H,19,21)(H,20,22)/b10-8+. The Morgan fingerprint density at radius 1 is 1.08 bits per heavy atom. The third-order valence-corrected chi connectivity index (χ3v) is 4.24. The molecule has 0 bridgehead atoms. The summed E-state index contributed by atoms with van der Waals surface area (Å²) in [6, 6.07) is 13.8. The number of hydrogen-bond acceptors (Lipinski definition) is 5. The molecule has 130 valence electrons. The van der Waals surface area contributed by atoms with Crippen LogP contribution in [-0.2, 0) is 19.1 Å². The van der Waals surface area contributed by atoms with Crippen LogP contribution in [0.25, 0.3) is 16.5 Å². The van der Waals surface area contributed by atoms with Crippen molar-refractivity contribution < 1.29 is 19.1 Å². The Balaban J connectivity index is 1.80. The first-order chi connectivity index (χ1) is 12.1. The van der Waals surface area contributed by atoms with Gasteiger partial charge in [-0.05, 0) is 23.8 Å². The molecule has 0 saturated carbocycles. The summed E-state index contributed by atoms with van der Waals surface area (Å²) in [5.74, 6) is -1.48. The number of thiophene rings is 1. The molecule has 0 fully saturated rings. The second-order valence-corrected chi connectivity index (χ2v) is 6.07. The molecule has 0 radical (unpaired) electrons. The van der Waals surface area contributed by atoms with Crippen molar-refractivity contribution in [2.45, 2.75) is 0 Å². The third kappa shape index (κ3) is 6.23. The van der Waals surface area contributed by atoms with E-state index in [4.69, 9.17) is 4.74 Å². The quantitative estimate of drug-likeness (QED) is 0.584. The van der Waals surface area contributed by atoms with Gasteiger partial charge in [-0.15, -0.1) is 11.3 Å². The SMILES string of the molecule is CNC(=O)CNC(=O)COC(=O)/C=C/c1ccc(-c2ccccc2)s1. The summed E-state index contributed by atoms with van der Waals surface area (Å²) in [4.78, 5) is 36.0. The summed E-state index contributed by atoms with van der Waals surface area (Å²) >= 11 is 1.55. The van der Waals surface area contributed by atoms with E-state index < -0.39 is 18.5 Å². The molecule has 0 spiro atoms. The average molecular weight is 358 g/mol. The van der Waals surface area contributed by atoms with Gasteiger partial charge in [-0.3, -0.25) is 9.59 Å². The fraction of sp³-hybridized carbons (Fsp3) is 0.167. The van der Waals surface area contributed by atoms with Crippen LogP contribution in [0.2, 0.25) is 0 Å². The second-order valence-electron chi connectivity index (χ2n) is 4.96. The van der Waals surface area contributed by atoms with E-state index in [9.17, 15) is 14.4 Å². The number of ether oxygens (including phenoxy) is 1. The first kappa shape index (κ1) is 18.4. The lowest BCUT2D eigenvalue weighted by Gasteiger charge is -2.04. The molecule has 7 heteroatoms. The van der Waals surface area contributed by atoms with E-state index >= 15 is 0 Å². The van der Waals surface area contributed by atoms with Crippen LogP contribution in [0.4, 0.5) is 0 Å².